The van der Waals surface area contributed by atoms with Crippen molar-refractivity contribution in [3.05, 3.63) is 65.4 Å². The zero-order chi connectivity index (χ0) is 17.2. The van der Waals surface area contributed by atoms with Gasteiger partial charge in [-0.15, -0.1) is 10.2 Å². The molecular formula is C20H18ClN3O. The van der Waals surface area contributed by atoms with E-state index in [2.05, 4.69) is 41.4 Å². The first-order chi connectivity index (χ1) is 12.2. The molecule has 0 unspecified atom stereocenters. The Balaban J connectivity index is 1.69. The molecule has 0 fully saturated rings. The van der Waals surface area contributed by atoms with Gasteiger partial charge in [-0.3, -0.25) is 0 Å². The van der Waals surface area contributed by atoms with Gasteiger partial charge >= 0.3 is 0 Å². The molecular weight excluding hydrogens is 334 g/mol. The standard InChI is InChI=1S/C20H18ClN3O/c1-2-3-5-14-7-9-15(10-8-14)24-22-18-12-16(20-6-4-11-25-20)17(21)13-19(18)23-24/h4,6-13H,2-3,5H2,1H3. The third-order valence-corrected chi connectivity index (χ3v) is 4.55. The molecule has 0 spiro atoms. The van der Waals surface area contributed by atoms with E-state index in [0.29, 0.717) is 5.02 Å². The largest absolute Gasteiger partial charge is 0.464 e. The first-order valence-corrected chi connectivity index (χ1v) is 8.82. The maximum atomic E-state index is 6.38. The number of fused-ring (bicyclic) bond motifs is 1. The van der Waals surface area contributed by atoms with Crippen molar-refractivity contribution >= 4 is 22.6 Å². The average Bonchev–Trinajstić information content (AvgIpc) is 3.29. The maximum Gasteiger partial charge on any atom is 0.135 e. The van der Waals surface area contributed by atoms with Crippen LogP contribution >= 0.6 is 11.6 Å². The van der Waals surface area contributed by atoms with Gasteiger partial charge in [-0.05, 0) is 54.8 Å². The van der Waals surface area contributed by atoms with Crippen LogP contribution < -0.4 is 0 Å². The molecule has 0 N–H and O–H groups in total. The summed E-state index contributed by atoms with van der Waals surface area (Å²) in [5, 5.41) is 9.74. The summed E-state index contributed by atoms with van der Waals surface area (Å²) in [6.45, 7) is 2.20. The van der Waals surface area contributed by atoms with E-state index in [1.165, 1.54) is 18.4 Å². The summed E-state index contributed by atoms with van der Waals surface area (Å²) in [5.74, 6) is 0.724. The molecule has 0 aliphatic rings. The Bertz CT molecular complexity index is 988. The number of aryl methyl sites for hydroxylation is 1. The van der Waals surface area contributed by atoms with E-state index in [9.17, 15) is 0 Å². The third-order valence-electron chi connectivity index (χ3n) is 4.24. The van der Waals surface area contributed by atoms with Gasteiger partial charge < -0.3 is 4.42 Å². The van der Waals surface area contributed by atoms with Crippen molar-refractivity contribution in [2.24, 2.45) is 0 Å². The summed E-state index contributed by atoms with van der Waals surface area (Å²) in [6, 6.07) is 15.8. The quantitative estimate of drug-likeness (QED) is 0.465. The molecule has 0 aliphatic heterocycles. The molecule has 5 heteroatoms. The molecule has 0 saturated carbocycles. The Labute approximate surface area is 151 Å². The zero-order valence-electron chi connectivity index (χ0n) is 13.9. The first-order valence-electron chi connectivity index (χ1n) is 8.44. The SMILES string of the molecule is CCCCc1ccc(-n2nc3cc(Cl)c(-c4ccco4)cc3n2)cc1. The summed E-state index contributed by atoms with van der Waals surface area (Å²) in [4.78, 5) is 1.65. The minimum absolute atomic E-state index is 0.601. The fourth-order valence-electron chi connectivity index (χ4n) is 2.85. The highest BCUT2D eigenvalue weighted by atomic mass is 35.5. The van der Waals surface area contributed by atoms with E-state index in [1.807, 2.05) is 24.3 Å². The minimum atomic E-state index is 0.601. The average molecular weight is 352 g/mol. The Kier molecular flexibility index (Phi) is 4.28. The highest BCUT2D eigenvalue weighted by Crippen LogP contribution is 2.31. The molecule has 126 valence electrons. The minimum Gasteiger partial charge on any atom is -0.464 e. The number of aromatic nitrogens is 3. The van der Waals surface area contributed by atoms with Crippen molar-refractivity contribution in [1.82, 2.24) is 15.0 Å². The summed E-state index contributed by atoms with van der Waals surface area (Å²) < 4.78 is 5.45. The summed E-state index contributed by atoms with van der Waals surface area (Å²) in [5.41, 5.74) is 4.64. The molecule has 0 atom stereocenters. The van der Waals surface area contributed by atoms with Crippen LogP contribution in [0.15, 0.2) is 59.2 Å². The van der Waals surface area contributed by atoms with Crippen molar-refractivity contribution < 1.29 is 4.42 Å². The van der Waals surface area contributed by atoms with Crippen molar-refractivity contribution in [3.63, 3.8) is 0 Å². The van der Waals surface area contributed by atoms with Crippen LogP contribution in [-0.4, -0.2) is 15.0 Å². The van der Waals surface area contributed by atoms with E-state index in [-0.39, 0.29) is 0 Å². The molecule has 4 rings (SSSR count). The molecule has 0 bridgehead atoms. The van der Waals surface area contributed by atoms with Crippen molar-refractivity contribution in [2.45, 2.75) is 26.2 Å². The predicted molar refractivity (Wildman–Crippen MR) is 100 cm³/mol. The first kappa shape index (κ1) is 15.9. The van der Waals surface area contributed by atoms with Crippen LogP contribution in [0.1, 0.15) is 25.3 Å². The molecule has 2 heterocycles. The molecule has 2 aromatic heterocycles. The molecule has 4 aromatic rings. The number of halogens is 1. The van der Waals surface area contributed by atoms with Crippen LogP contribution in [0.5, 0.6) is 0 Å². The second-order valence-electron chi connectivity index (χ2n) is 6.06. The summed E-state index contributed by atoms with van der Waals surface area (Å²) in [7, 11) is 0. The molecule has 25 heavy (non-hydrogen) atoms. The lowest BCUT2D eigenvalue weighted by Crippen LogP contribution is -1.98. The number of unbranched alkanes of at least 4 members (excludes halogenated alkanes) is 1. The molecule has 0 radical (unpaired) electrons. The molecule has 0 amide bonds. The van der Waals surface area contributed by atoms with Gasteiger partial charge in [-0.25, -0.2) is 0 Å². The van der Waals surface area contributed by atoms with Gasteiger partial charge in [0.2, 0.25) is 0 Å². The van der Waals surface area contributed by atoms with Gasteiger partial charge in [0.15, 0.2) is 0 Å². The number of furan rings is 1. The van der Waals surface area contributed by atoms with Crippen LogP contribution in [0.2, 0.25) is 5.02 Å². The van der Waals surface area contributed by atoms with E-state index in [1.54, 1.807) is 11.1 Å². The number of rotatable bonds is 5. The van der Waals surface area contributed by atoms with E-state index in [0.717, 1.165) is 34.5 Å². The highest BCUT2D eigenvalue weighted by molar-refractivity contribution is 6.34. The highest BCUT2D eigenvalue weighted by Gasteiger charge is 2.12. The number of hydrogen-bond acceptors (Lipinski definition) is 3. The van der Waals surface area contributed by atoms with E-state index < -0.39 is 0 Å². The Morgan fingerprint density at radius 2 is 1.80 bits per heavy atom. The number of nitrogens with zero attached hydrogens (tertiary/aromatic N) is 3. The fourth-order valence-corrected chi connectivity index (χ4v) is 3.10. The van der Waals surface area contributed by atoms with Crippen molar-refractivity contribution in [1.29, 1.82) is 0 Å². The van der Waals surface area contributed by atoms with E-state index >= 15 is 0 Å². The predicted octanol–water partition coefficient (Wildman–Crippen LogP) is 5.68. The van der Waals surface area contributed by atoms with Crippen LogP contribution in [0, 0.1) is 0 Å². The van der Waals surface area contributed by atoms with E-state index in [4.69, 9.17) is 16.0 Å². The fraction of sp³-hybridized carbons (Fsp3) is 0.200. The Hall–Kier alpha value is -2.59. The van der Waals surface area contributed by atoms with Crippen LogP contribution in [0.25, 0.3) is 28.0 Å². The number of benzene rings is 2. The second kappa shape index (κ2) is 6.73. The third kappa shape index (κ3) is 3.17. The smallest absolute Gasteiger partial charge is 0.135 e. The van der Waals surface area contributed by atoms with Gasteiger partial charge in [-0.1, -0.05) is 37.1 Å². The monoisotopic (exact) mass is 351 g/mol. The van der Waals surface area contributed by atoms with Crippen LogP contribution in [0.3, 0.4) is 0 Å². The van der Waals surface area contributed by atoms with Gasteiger partial charge in [0, 0.05) is 5.56 Å². The lowest BCUT2D eigenvalue weighted by Gasteiger charge is -2.02. The normalized spacial score (nSPS) is 11.3. The zero-order valence-corrected chi connectivity index (χ0v) is 14.7. The molecule has 0 saturated heterocycles. The molecule has 4 nitrogen and oxygen atoms in total. The van der Waals surface area contributed by atoms with Gasteiger partial charge in [-0.2, -0.15) is 4.80 Å². The summed E-state index contributed by atoms with van der Waals surface area (Å²) >= 11 is 6.38. The van der Waals surface area contributed by atoms with Gasteiger partial charge in [0.25, 0.3) is 0 Å². The molecule has 2 aromatic carbocycles. The van der Waals surface area contributed by atoms with Gasteiger partial charge in [0.1, 0.15) is 16.8 Å². The molecule has 0 aliphatic carbocycles. The van der Waals surface area contributed by atoms with Crippen molar-refractivity contribution in [2.75, 3.05) is 0 Å². The Morgan fingerprint density at radius 1 is 1.04 bits per heavy atom. The van der Waals surface area contributed by atoms with Crippen LogP contribution in [0.4, 0.5) is 0 Å². The lowest BCUT2D eigenvalue weighted by atomic mass is 10.1. The van der Waals surface area contributed by atoms with Crippen LogP contribution in [-0.2, 0) is 6.42 Å². The summed E-state index contributed by atoms with van der Waals surface area (Å²) in [6.07, 6.45) is 5.14. The second-order valence-corrected chi connectivity index (χ2v) is 6.46. The lowest BCUT2D eigenvalue weighted by molar-refractivity contribution is 0.582. The van der Waals surface area contributed by atoms with Gasteiger partial charge in [0.05, 0.1) is 17.0 Å². The van der Waals surface area contributed by atoms with Crippen molar-refractivity contribution in [3.8, 4) is 17.0 Å². The Morgan fingerprint density at radius 3 is 2.48 bits per heavy atom. The number of hydrogen-bond donors (Lipinski definition) is 0. The maximum absolute atomic E-state index is 6.38. The topological polar surface area (TPSA) is 43.9 Å².